The van der Waals surface area contributed by atoms with Gasteiger partial charge in [0.05, 0.1) is 18.4 Å². The van der Waals surface area contributed by atoms with Crippen molar-refractivity contribution in [2.45, 2.75) is 31.8 Å². The quantitative estimate of drug-likeness (QED) is 0.805. The average molecular weight is 310 g/mol. The predicted molar refractivity (Wildman–Crippen MR) is 78.3 cm³/mol. The van der Waals surface area contributed by atoms with Crippen LogP contribution < -0.4 is 10.0 Å². The number of aromatic nitrogens is 2. The van der Waals surface area contributed by atoms with Gasteiger partial charge in [0.15, 0.2) is 5.03 Å². The number of sulfonamides is 1. The molecule has 2 aromatic rings. The summed E-state index contributed by atoms with van der Waals surface area (Å²) in [4.78, 5) is 7.95. The standard InChI is InChI=1S/C13H18N4O3S/c1-3-10-8-16-12(20-10)9-17-21(18,19)13-11(14-4-2)6-5-7-15-13/h5-8,14,17H,3-4,9H2,1-2H3. The molecule has 2 aromatic heterocycles. The van der Waals surface area contributed by atoms with Gasteiger partial charge in [0.25, 0.3) is 10.0 Å². The molecule has 0 saturated heterocycles. The molecule has 2 N–H and O–H groups in total. The maximum Gasteiger partial charge on any atom is 0.260 e. The van der Waals surface area contributed by atoms with E-state index in [0.29, 0.717) is 24.5 Å². The fourth-order valence-electron chi connectivity index (χ4n) is 1.75. The Morgan fingerprint density at radius 1 is 1.29 bits per heavy atom. The molecule has 0 aliphatic carbocycles. The van der Waals surface area contributed by atoms with Gasteiger partial charge in [-0.05, 0) is 19.1 Å². The molecule has 114 valence electrons. The third kappa shape index (κ3) is 3.79. The normalized spacial score (nSPS) is 11.5. The zero-order chi connectivity index (χ0) is 15.3. The van der Waals surface area contributed by atoms with Crippen LogP contribution in [0.15, 0.2) is 34.0 Å². The number of oxazole rings is 1. The summed E-state index contributed by atoms with van der Waals surface area (Å²) in [6, 6.07) is 3.35. The van der Waals surface area contributed by atoms with Gasteiger partial charge < -0.3 is 9.73 Å². The molecule has 0 fully saturated rings. The molecule has 2 heterocycles. The van der Waals surface area contributed by atoms with Crippen molar-refractivity contribution < 1.29 is 12.8 Å². The number of hydrogen-bond donors (Lipinski definition) is 2. The summed E-state index contributed by atoms with van der Waals surface area (Å²) in [5, 5.41) is 2.94. The Balaban J connectivity index is 2.14. The highest BCUT2D eigenvalue weighted by Crippen LogP contribution is 2.17. The molecular weight excluding hydrogens is 292 g/mol. The fourth-order valence-corrected chi connectivity index (χ4v) is 2.83. The van der Waals surface area contributed by atoms with Crippen LogP contribution in [0.5, 0.6) is 0 Å². The van der Waals surface area contributed by atoms with Crippen LogP contribution in [0.3, 0.4) is 0 Å². The van der Waals surface area contributed by atoms with Crippen LogP contribution in [0.1, 0.15) is 25.5 Å². The van der Waals surface area contributed by atoms with E-state index < -0.39 is 10.0 Å². The summed E-state index contributed by atoms with van der Waals surface area (Å²) in [6.07, 6.45) is 3.74. The van der Waals surface area contributed by atoms with E-state index in [9.17, 15) is 8.42 Å². The largest absolute Gasteiger partial charge is 0.444 e. The lowest BCUT2D eigenvalue weighted by Gasteiger charge is -2.10. The van der Waals surface area contributed by atoms with Gasteiger partial charge in [-0.15, -0.1) is 0 Å². The van der Waals surface area contributed by atoms with Crippen molar-refractivity contribution >= 4 is 15.7 Å². The molecule has 0 radical (unpaired) electrons. The van der Waals surface area contributed by atoms with E-state index in [-0.39, 0.29) is 11.6 Å². The van der Waals surface area contributed by atoms with Crippen LogP contribution in [-0.4, -0.2) is 24.9 Å². The Morgan fingerprint density at radius 3 is 2.76 bits per heavy atom. The molecule has 0 aliphatic heterocycles. The first-order valence-electron chi connectivity index (χ1n) is 6.69. The molecule has 0 amide bonds. The predicted octanol–water partition coefficient (Wildman–Crippen LogP) is 1.54. The summed E-state index contributed by atoms with van der Waals surface area (Å²) in [5.74, 6) is 1.05. The number of aryl methyl sites for hydroxylation is 1. The minimum Gasteiger partial charge on any atom is -0.444 e. The Hall–Kier alpha value is -1.93. The Labute approximate surface area is 123 Å². The van der Waals surface area contributed by atoms with Crippen LogP contribution in [0.2, 0.25) is 0 Å². The lowest BCUT2D eigenvalue weighted by Crippen LogP contribution is -2.25. The first kappa shape index (κ1) is 15.5. The van der Waals surface area contributed by atoms with Crippen LogP contribution in [-0.2, 0) is 23.0 Å². The molecule has 0 spiro atoms. The number of rotatable bonds is 7. The van der Waals surface area contributed by atoms with Crippen LogP contribution in [0.25, 0.3) is 0 Å². The topological polar surface area (TPSA) is 97.1 Å². The third-order valence-corrected chi connectivity index (χ3v) is 4.12. The van der Waals surface area contributed by atoms with Gasteiger partial charge in [0, 0.05) is 19.2 Å². The highest BCUT2D eigenvalue weighted by atomic mass is 32.2. The summed E-state index contributed by atoms with van der Waals surface area (Å²) < 4.78 is 32.4. The Bertz CT molecular complexity index is 697. The minimum atomic E-state index is -3.73. The number of nitrogens with zero attached hydrogens (tertiary/aromatic N) is 2. The Morgan fingerprint density at radius 2 is 2.10 bits per heavy atom. The molecule has 2 rings (SSSR count). The zero-order valence-corrected chi connectivity index (χ0v) is 12.8. The first-order chi connectivity index (χ1) is 10.1. The van der Waals surface area contributed by atoms with E-state index in [1.54, 1.807) is 18.3 Å². The maximum absolute atomic E-state index is 12.3. The number of pyridine rings is 1. The lowest BCUT2D eigenvalue weighted by molar-refractivity contribution is 0.452. The Kier molecular flexibility index (Phi) is 4.92. The molecule has 0 bridgehead atoms. The fraction of sp³-hybridized carbons (Fsp3) is 0.385. The molecule has 0 aromatic carbocycles. The summed E-state index contributed by atoms with van der Waals surface area (Å²) in [7, 11) is -3.73. The van der Waals surface area contributed by atoms with Crippen LogP contribution in [0, 0.1) is 0 Å². The van der Waals surface area contributed by atoms with Crippen molar-refractivity contribution in [3.63, 3.8) is 0 Å². The van der Waals surface area contributed by atoms with Gasteiger partial charge in [-0.25, -0.2) is 23.1 Å². The highest BCUT2D eigenvalue weighted by Gasteiger charge is 2.20. The minimum absolute atomic E-state index is 0.00945. The summed E-state index contributed by atoms with van der Waals surface area (Å²) in [6.45, 7) is 4.42. The first-order valence-corrected chi connectivity index (χ1v) is 8.17. The smallest absolute Gasteiger partial charge is 0.260 e. The highest BCUT2D eigenvalue weighted by molar-refractivity contribution is 7.89. The molecule has 0 unspecified atom stereocenters. The SMILES string of the molecule is CCNc1cccnc1S(=O)(=O)NCc1ncc(CC)o1. The van der Waals surface area contributed by atoms with Crippen molar-refractivity contribution in [3.8, 4) is 0 Å². The number of anilines is 1. The second-order valence-corrected chi connectivity index (χ2v) is 5.97. The monoisotopic (exact) mass is 310 g/mol. The van der Waals surface area contributed by atoms with Crippen LogP contribution >= 0.6 is 0 Å². The molecule has 0 atom stereocenters. The van der Waals surface area contributed by atoms with E-state index in [1.165, 1.54) is 6.20 Å². The molecular formula is C13H18N4O3S. The molecule has 0 aliphatic rings. The summed E-state index contributed by atoms with van der Waals surface area (Å²) >= 11 is 0. The van der Waals surface area contributed by atoms with Gasteiger partial charge in [-0.1, -0.05) is 6.92 Å². The lowest BCUT2D eigenvalue weighted by atomic mass is 10.4. The zero-order valence-electron chi connectivity index (χ0n) is 12.0. The molecule has 7 nitrogen and oxygen atoms in total. The second kappa shape index (κ2) is 6.68. The van der Waals surface area contributed by atoms with Crippen molar-refractivity contribution in [2.75, 3.05) is 11.9 Å². The molecule has 8 heteroatoms. The van der Waals surface area contributed by atoms with Crippen LogP contribution in [0.4, 0.5) is 5.69 Å². The van der Waals surface area contributed by atoms with Gasteiger partial charge in [0.2, 0.25) is 5.89 Å². The van der Waals surface area contributed by atoms with Crippen molar-refractivity contribution in [1.29, 1.82) is 0 Å². The number of nitrogens with one attached hydrogen (secondary N) is 2. The van der Waals surface area contributed by atoms with Gasteiger partial charge >= 0.3 is 0 Å². The van der Waals surface area contributed by atoms with Gasteiger partial charge in [-0.2, -0.15) is 0 Å². The van der Waals surface area contributed by atoms with Gasteiger partial charge in [0.1, 0.15) is 5.76 Å². The third-order valence-electron chi connectivity index (χ3n) is 2.76. The van der Waals surface area contributed by atoms with Gasteiger partial charge in [-0.3, -0.25) is 0 Å². The van der Waals surface area contributed by atoms with E-state index in [0.717, 1.165) is 5.76 Å². The summed E-state index contributed by atoms with van der Waals surface area (Å²) in [5.41, 5.74) is 0.467. The van der Waals surface area contributed by atoms with E-state index >= 15 is 0 Å². The molecule has 0 saturated carbocycles. The van der Waals surface area contributed by atoms with E-state index in [1.807, 2.05) is 13.8 Å². The van der Waals surface area contributed by atoms with E-state index in [4.69, 9.17) is 4.42 Å². The van der Waals surface area contributed by atoms with Crippen molar-refractivity contribution in [2.24, 2.45) is 0 Å². The van der Waals surface area contributed by atoms with E-state index in [2.05, 4.69) is 20.0 Å². The van der Waals surface area contributed by atoms with Crippen molar-refractivity contribution in [3.05, 3.63) is 36.2 Å². The van der Waals surface area contributed by atoms with Crippen molar-refractivity contribution in [1.82, 2.24) is 14.7 Å². The number of hydrogen-bond acceptors (Lipinski definition) is 6. The molecule has 21 heavy (non-hydrogen) atoms. The second-order valence-electron chi connectivity index (χ2n) is 4.28. The average Bonchev–Trinajstić information content (AvgIpc) is 2.94. The maximum atomic E-state index is 12.3.